The molecule has 0 unspecified atom stereocenters. The largest absolute Gasteiger partial charge is 0.482 e. The Bertz CT molecular complexity index is 847. The van der Waals surface area contributed by atoms with Crippen molar-refractivity contribution in [3.05, 3.63) is 65.7 Å². The highest BCUT2D eigenvalue weighted by Gasteiger charge is 2.21. The van der Waals surface area contributed by atoms with Crippen LogP contribution in [0.4, 0.5) is 0 Å². The van der Waals surface area contributed by atoms with Gasteiger partial charge in [0.2, 0.25) is 0 Å². The number of hydrogen-bond donors (Lipinski definition) is 0. The fourth-order valence-corrected chi connectivity index (χ4v) is 3.29. The van der Waals surface area contributed by atoms with Crippen molar-refractivity contribution < 1.29 is 23.9 Å². The number of ether oxygens (including phenoxy) is 2. The van der Waals surface area contributed by atoms with Gasteiger partial charge in [-0.1, -0.05) is 37.3 Å². The third-order valence-electron chi connectivity index (χ3n) is 4.88. The molecule has 1 aliphatic rings. The zero-order valence-corrected chi connectivity index (χ0v) is 16.5. The summed E-state index contributed by atoms with van der Waals surface area (Å²) < 4.78 is 10.4. The lowest BCUT2D eigenvalue weighted by Crippen LogP contribution is -2.41. The maximum Gasteiger partial charge on any atom is 0.344 e. The summed E-state index contributed by atoms with van der Waals surface area (Å²) in [6.45, 7) is 2.97. The first-order chi connectivity index (χ1) is 14.0. The van der Waals surface area contributed by atoms with Gasteiger partial charge in [-0.15, -0.1) is 0 Å². The predicted octanol–water partition coefficient (Wildman–Crippen LogP) is 3.10. The Hall–Kier alpha value is -3.15. The standard InChI is InChI=1S/C23H25NO5/c1-17-6-5-13-24(14-17)21(25)15-29-22(26)16-28-20-11-9-19(10-12-20)23(27)18-7-3-2-4-8-18/h2-4,7-12,17H,5-6,13-16H2,1H3/t17-/m0/s1. The lowest BCUT2D eigenvalue weighted by molar-refractivity contribution is -0.154. The van der Waals surface area contributed by atoms with E-state index in [1.807, 2.05) is 18.2 Å². The Morgan fingerprint density at radius 1 is 0.966 bits per heavy atom. The molecular weight excluding hydrogens is 370 g/mol. The highest BCUT2D eigenvalue weighted by molar-refractivity contribution is 6.08. The summed E-state index contributed by atoms with van der Waals surface area (Å²) in [5.74, 6) is 0.0647. The van der Waals surface area contributed by atoms with Gasteiger partial charge in [-0.25, -0.2) is 4.79 Å². The van der Waals surface area contributed by atoms with E-state index >= 15 is 0 Å². The van der Waals surface area contributed by atoms with Gasteiger partial charge in [0.15, 0.2) is 19.0 Å². The monoisotopic (exact) mass is 395 g/mol. The molecule has 6 nitrogen and oxygen atoms in total. The Kier molecular flexibility index (Phi) is 7.00. The number of hydrogen-bond acceptors (Lipinski definition) is 5. The Labute approximate surface area is 170 Å². The minimum atomic E-state index is -0.604. The molecule has 152 valence electrons. The minimum Gasteiger partial charge on any atom is -0.482 e. The van der Waals surface area contributed by atoms with Gasteiger partial charge >= 0.3 is 5.97 Å². The highest BCUT2D eigenvalue weighted by Crippen LogP contribution is 2.16. The predicted molar refractivity (Wildman–Crippen MR) is 108 cm³/mol. The number of piperidine rings is 1. The van der Waals surface area contributed by atoms with E-state index in [-0.39, 0.29) is 24.9 Å². The van der Waals surface area contributed by atoms with Crippen molar-refractivity contribution in [1.82, 2.24) is 4.90 Å². The van der Waals surface area contributed by atoms with Crippen LogP contribution in [-0.2, 0) is 14.3 Å². The smallest absolute Gasteiger partial charge is 0.344 e. The molecule has 0 N–H and O–H groups in total. The van der Waals surface area contributed by atoms with Gasteiger partial charge < -0.3 is 14.4 Å². The highest BCUT2D eigenvalue weighted by atomic mass is 16.6. The van der Waals surface area contributed by atoms with Crippen LogP contribution in [0.15, 0.2) is 54.6 Å². The van der Waals surface area contributed by atoms with Gasteiger partial charge in [0, 0.05) is 24.2 Å². The summed E-state index contributed by atoms with van der Waals surface area (Å²) in [5.41, 5.74) is 1.14. The second-order valence-electron chi connectivity index (χ2n) is 7.26. The van der Waals surface area contributed by atoms with E-state index in [1.165, 1.54) is 0 Å². The van der Waals surface area contributed by atoms with Gasteiger partial charge in [-0.3, -0.25) is 9.59 Å². The number of rotatable bonds is 7. The second-order valence-corrected chi connectivity index (χ2v) is 7.26. The van der Waals surface area contributed by atoms with Crippen molar-refractivity contribution in [2.75, 3.05) is 26.3 Å². The topological polar surface area (TPSA) is 72.9 Å². The number of benzene rings is 2. The molecule has 1 aliphatic heterocycles. The Balaban J connectivity index is 1.43. The van der Waals surface area contributed by atoms with Crippen LogP contribution in [0.3, 0.4) is 0 Å². The molecule has 1 saturated heterocycles. The van der Waals surface area contributed by atoms with Crippen LogP contribution in [0.1, 0.15) is 35.7 Å². The average molecular weight is 395 g/mol. The Morgan fingerprint density at radius 3 is 2.34 bits per heavy atom. The van der Waals surface area contributed by atoms with E-state index in [4.69, 9.17) is 9.47 Å². The van der Waals surface area contributed by atoms with E-state index in [9.17, 15) is 14.4 Å². The first-order valence-corrected chi connectivity index (χ1v) is 9.79. The van der Waals surface area contributed by atoms with Crippen molar-refractivity contribution in [3.8, 4) is 5.75 Å². The first kappa shape index (κ1) is 20.6. The molecule has 1 fully saturated rings. The van der Waals surface area contributed by atoms with E-state index < -0.39 is 5.97 Å². The zero-order chi connectivity index (χ0) is 20.6. The number of nitrogens with zero attached hydrogens (tertiary/aromatic N) is 1. The van der Waals surface area contributed by atoms with Crippen molar-refractivity contribution in [3.63, 3.8) is 0 Å². The third-order valence-corrected chi connectivity index (χ3v) is 4.88. The number of likely N-dealkylation sites (tertiary alicyclic amines) is 1. The third kappa shape index (κ3) is 5.91. The lowest BCUT2D eigenvalue weighted by atomic mass is 10.0. The number of ketones is 1. The van der Waals surface area contributed by atoms with Gasteiger partial charge in [0.05, 0.1) is 0 Å². The molecule has 1 heterocycles. The van der Waals surface area contributed by atoms with Crippen LogP contribution in [0.25, 0.3) is 0 Å². The van der Waals surface area contributed by atoms with Crippen molar-refractivity contribution >= 4 is 17.7 Å². The number of esters is 1. The summed E-state index contributed by atoms with van der Waals surface area (Å²) >= 11 is 0. The zero-order valence-electron chi connectivity index (χ0n) is 16.5. The minimum absolute atomic E-state index is 0.0814. The maximum atomic E-state index is 12.4. The molecule has 1 atom stereocenters. The average Bonchev–Trinajstić information content (AvgIpc) is 2.76. The fraction of sp³-hybridized carbons (Fsp3) is 0.348. The van der Waals surface area contributed by atoms with Crippen LogP contribution < -0.4 is 4.74 Å². The molecule has 0 saturated carbocycles. The number of amides is 1. The van der Waals surface area contributed by atoms with Crippen LogP contribution >= 0.6 is 0 Å². The van der Waals surface area contributed by atoms with Crippen LogP contribution in [0.5, 0.6) is 5.75 Å². The molecule has 6 heteroatoms. The molecule has 2 aromatic rings. The van der Waals surface area contributed by atoms with E-state index in [0.717, 1.165) is 12.8 Å². The summed E-state index contributed by atoms with van der Waals surface area (Å²) in [7, 11) is 0. The van der Waals surface area contributed by atoms with Crippen molar-refractivity contribution in [1.29, 1.82) is 0 Å². The van der Waals surface area contributed by atoms with Gasteiger partial charge in [0.1, 0.15) is 5.75 Å². The van der Waals surface area contributed by atoms with Crippen molar-refractivity contribution in [2.45, 2.75) is 19.8 Å². The normalized spacial score (nSPS) is 16.2. The summed E-state index contributed by atoms with van der Waals surface area (Å²) in [4.78, 5) is 38.1. The molecule has 0 spiro atoms. The van der Waals surface area contributed by atoms with Crippen molar-refractivity contribution in [2.24, 2.45) is 5.92 Å². The molecule has 3 rings (SSSR count). The van der Waals surface area contributed by atoms with E-state index in [2.05, 4.69) is 6.92 Å². The molecule has 0 bridgehead atoms. The molecule has 0 aromatic heterocycles. The maximum absolute atomic E-state index is 12.4. The van der Waals surface area contributed by atoms with Gasteiger partial charge in [0.25, 0.3) is 5.91 Å². The number of carbonyl (C=O) groups excluding carboxylic acids is 3. The molecule has 0 radical (unpaired) electrons. The molecular formula is C23H25NO5. The quantitative estimate of drug-likeness (QED) is 0.532. The lowest BCUT2D eigenvalue weighted by Gasteiger charge is -2.30. The van der Waals surface area contributed by atoms with Gasteiger partial charge in [-0.05, 0) is 43.0 Å². The molecule has 1 amide bonds. The van der Waals surface area contributed by atoms with Crippen LogP contribution in [0, 0.1) is 5.92 Å². The molecule has 2 aromatic carbocycles. The van der Waals surface area contributed by atoms with Crippen LogP contribution in [-0.4, -0.2) is 48.9 Å². The fourth-order valence-electron chi connectivity index (χ4n) is 3.29. The van der Waals surface area contributed by atoms with Gasteiger partial charge in [-0.2, -0.15) is 0 Å². The Morgan fingerprint density at radius 2 is 1.66 bits per heavy atom. The summed E-state index contributed by atoms with van der Waals surface area (Å²) in [6, 6.07) is 15.6. The van der Waals surface area contributed by atoms with E-state index in [0.29, 0.717) is 35.9 Å². The second kappa shape index (κ2) is 9.87. The summed E-state index contributed by atoms with van der Waals surface area (Å²) in [6.07, 6.45) is 2.10. The summed E-state index contributed by atoms with van der Waals surface area (Å²) in [5, 5.41) is 0. The van der Waals surface area contributed by atoms with E-state index in [1.54, 1.807) is 41.3 Å². The first-order valence-electron chi connectivity index (χ1n) is 9.79. The molecule has 0 aliphatic carbocycles. The number of carbonyl (C=O) groups is 3. The molecule has 29 heavy (non-hydrogen) atoms. The SMILES string of the molecule is C[C@H]1CCCN(C(=O)COC(=O)COc2ccc(C(=O)c3ccccc3)cc2)C1. The van der Waals surface area contributed by atoms with Crippen LogP contribution in [0.2, 0.25) is 0 Å².